The Kier molecular flexibility index (Phi) is 3.59. The minimum absolute atomic E-state index is 0.152. The molecule has 1 aliphatic heterocycles. The van der Waals surface area contributed by atoms with E-state index in [4.69, 9.17) is 10.5 Å². The summed E-state index contributed by atoms with van der Waals surface area (Å²) >= 11 is 0. The van der Waals surface area contributed by atoms with Gasteiger partial charge in [-0.3, -0.25) is 4.79 Å². The number of rotatable bonds is 2. The van der Waals surface area contributed by atoms with Gasteiger partial charge in [0, 0.05) is 12.2 Å². The van der Waals surface area contributed by atoms with Crippen LogP contribution in [0, 0.1) is 6.92 Å². The highest BCUT2D eigenvalue weighted by atomic mass is 16.5. The van der Waals surface area contributed by atoms with E-state index in [9.17, 15) is 4.79 Å². The Morgan fingerprint density at radius 1 is 1.18 bits per heavy atom. The number of anilines is 2. The summed E-state index contributed by atoms with van der Waals surface area (Å²) < 4.78 is 5.78. The van der Waals surface area contributed by atoms with Crippen LogP contribution in [0.3, 0.4) is 0 Å². The molecule has 0 saturated heterocycles. The molecule has 4 heteroatoms. The van der Waals surface area contributed by atoms with Crippen molar-refractivity contribution in [2.24, 2.45) is 0 Å². The molecule has 0 saturated carbocycles. The van der Waals surface area contributed by atoms with Crippen molar-refractivity contribution in [2.45, 2.75) is 13.8 Å². The molecular formula is C18H18N2O2. The van der Waals surface area contributed by atoms with Gasteiger partial charge in [0.1, 0.15) is 0 Å². The summed E-state index contributed by atoms with van der Waals surface area (Å²) in [6, 6.07) is 13.3. The van der Waals surface area contributed by atoms with Gasteiger partial charge in [0.05, 0.1) is 5.69 Å². The molecule has 0 spiro atoms. The summed E-state index contributed by atoms with van der Waals surface area (Å²) in [5, 5.41) is 0. The third-order valence-electron chi connectivity index (χ3n) is 3.64. The highest BCUT2D eigenvalue weighted by molar-refractivity contribution is 6.10. The molecule has 4 nitrogen and oxygen atoms in total. The first-order chi connectivity index (χ1) is 10.6. The van der Waals surface area contributed by atoms with Crippen molar-refractivity contribution in [2.75, 3.05) is 17.2 Å². The first-order valence-corrected chi connectivity index (χ1v) is 7.26. The number of nitrogen functional groups attached to an aromatic ring is 1. The fourth-order valence-corrected chi connectivity index (χ4v) is 2.46. The molecule has 0 aliphatic carbocycles. The maximum absolute atomic E-state index is 12.6. The zero-order chi connectivity index (χ0) is 15.7. The van der Waals surface area contributed by atoms with Gasteiger partial charge >= 0.3 is 0 Å². The predicted octanol–water partition coefficient (Wildman–Crippen LogP) is 3.36. The largest absolute Gasteiger partial charge is 0.449 e. The Balaban J connectivity index is 2.02. The number of benzene rings is 2. The Bertz CT molecular complexity index is 748. The van der Waals surface area contributed by atoms with Crippen LogP contribution in [0.25, 0.3) is 6.08 Å². The number of amides is 1. The number of hydrogen-bond donors (Lipinski definition) is 1. The summed E-state index contributed by atoms with van der Waals surface area (Å²) in [6.45, 7) is 4.52. The summed E-state index contributed by atoms with van der Waals surface area (Å²) in [5.41, 5.74) is 9.24. The van der Waals surface area contributed by atoms with E-state index in [2.05, 4.69) is 0 Å². The van der Waals surface area contributed by atoms with E-state index in [1.807, 2.05) is 38.1 Å². The Morgan fingerprint density at radius 3 is 2.59 bits per heavy atom. The lowest BCUT2D eigenvalue weighted by atomic mass is 10.1. The molecular weight excluding hydrogens is 276 g/mol. The molecule has 1 aliphatic rings. The molecule has 2 aromatic rings. The molecule has 0 unspecified atom stereocenters. The van der Waals surface area contributed by atoms with Crippen molar-refractivity contribution in [1.82, 2.24) is 0 Å². The number of likely N-dealkylation sites (N-methyl/N-ethyl adjacent to an activating group) is 1. The van der Waals surface area contributed by atoms with Gasteiger partial charge in [-0.2, -0.15) is 0 Å². The molecule has 2 N–H and O–H groups in total. The zero-order valence-electron chi connectivity index (χ0n) is 12.7. The average molecular weight is 294 g/mol. The third-order valence-corrected chi connectivity index (χ3v) is 3.64. The van der Waals surface area contributed by atoms with Crippen LogP contribution in [0.5, 0.6) is 5.75 Å². The van der Waals surface area contributed by atoms with Gasteiger partial charge in [-0.25, -0.2) is 0 Å². The van der Waals surface area contributed by atoms with Gasteiger partial charge in [-0.15, -0.1) is 0 Å². The third kappa shape index (κ3) is 2.55. The standard InChI is InChI=1S/C18H18N2O2/c1-3-20-15-11-14(19)8-9-16(15)22-17(18(20)21)10-13-6-4-12(2)5-7-13/h4-11H,3,19H2,1-2H3/b17-10+. The normalized spacial score (nSPS) is 15.6. The monoisotopic (exact) mass is 294 g/mol. The van der Waals surface area contributed by atoms with Crippen LogP contribution in [0.1, 0.15) is 18.1 Å². The molecule has 22 heavy (non-hydrogen) atoms. The van der Waals surface area contributed by atoms with E-state index in [0.29, 0.717) is 29.4 Å². The van der Waals surface area contributed by atoms with Gasteiger partial charge in [0.15, 0.2) is 11.5 Å². The molecule has 3 rings (SSSR count). The summed E-state index contributed by atoms with van der Waals surface area (Å²) in [7, 11) is 0. The van der Waals surface area contributed by atoms with Gasteiger partial charge < -0.3 is 15.4 Å². The van der Waals surface area contributed by atoms with Crippen LogP contribution in [-0.4, -0.2) is 12.5 Å². The molecule has 2 aromatic carbocycles. The zero-order valence-corrected chi connectivity index (χ0v) is 12.7. The lowest BCUT2D eigenvalue weighted by Gasteiger charge is -2.29. The molecule has 0 radical (unpaired) electrons. The van der Waals surface area contributed by atoms with E-state index in [0.717, 1.165) is 5.56 Å². The quantitative estimate of drug-likeness (QED) is 0.682. The smallest absolute Gasteiger partial charge is 0.294 e. The number of carbonyl (C=O) groups excluding carboxylic acids is 1. The number of ether oxygens (including phenoxy) is 1. The molecule has 112 valence electrons. The second-order valence-corrected chi connectivity index (χ2v) is 5.30. The van der Waals surface area contributed by atoms with E-state index >= 15 is 0 Å². The van der Waals surface area contributed by atoms with Gasteiger partial charge in [-0.1, -0.05) is 29.8 Å². The van der Waals surface area contributed by atoms with Crippen molar-refractivity contribution in [3.05, 3.63) is 59.4 Å². The van der Waals surface area contributed by atoms with E-state index < -0.39 is 0 Å². The van der Waals surface area contributed by atoms with Gasteiger partial charge in [0.25, 0.3) is 5.91 Å². The van der Waals surface area contributed by atoms with E-state index in [-0.39, 0.29) is 5.91 Å². The van der Waals surface area contributed by atoms with Crippen LogP contribution >= 0.6 is 0 Å². The second kappa shape index (κ2) is 5.56. The van der Waals surface area contributed by atoms with Crippen LogP contribution in [-0.2, 0) is 4.79 Å². The summed E-state index contributed by atoms with van der Waals surface area (Å²) in [5.74, 6) is 0.818. The predicted molar refractivity (Wildman–Crippen MR) is 88.7 cm³/mol. The lowest BCUT2D eigenvalue weighted by Crippen LogP contribution is -2.37. The van der Waals surface area contributed by atoms with E-state index in [1.54, 1.807) is 29.2 Å². The van der Waals surface area contributed by atoms with Crippen molar-refractivity contribution >= 4 is 23.4 Å². The van der Waals surface area contributed by atoms with Gasteiger partial charge in [0.2, 0.25) is 0 Å². The number of hydrogen-bond acceptors (Lipinski definition) is 3. The Morgan fingerprint density at radius 2 is 1.91 bits per heavy atom. The van der Waals surface area contributed by atoms with Crippen LogP contribution in [0.4, 0.5) is 11.4 Å². The Labute approximate surface area is 129 Å². The van der Waals surface area contributed by atoms with Crippen molar-refractivity contribution in [1.29, 1.82) is 0 Å². The molecule has 0 fully saturated rings. The fourth-order valence-electron chi connectivity index (χ4n) is 2.46. The number of nitrogens with two attached hydrogens (primary N) is 1. The highest BCUT2D eigenvalue weighted by Crippen LogP contribution is 2.37. The lowest BCUT2D eigenvalue weighted by molar-refractivity contribution is -0.117. The first-order valence-electron chi connectivity index (χ1n) is 7.26. The van der Waals surface area contributed by atoms with Crippen LogP contribution < -0.4 is 15.4 Å². The summed E-state index contributed by atoms with van der Waals surface area (Å²) in [4.78, 5) is 14.3. The fraction of sp³-hybridized carbons (Fsp3) is 0.167. The molecule has 1 heterocycles. The number of carbonyl (C=O) groups is 1. The number of aryl methyl sites for hydroxylation is 1. The van der Waals surface area contributed by atoms with Crippen molar-refractivity contribution < 1.29 is 9.53 Å². The highest BCUT2D eigenvalue weighted by Gasteiger charge is 2.29. The maximum atomic E-state index is 12.6. The topological polar surface area (TPSA) is 55.6 Å². The Hall–Kier alpha value is -2.75. The molecule has 0 atom stereocenters. The minimum atomic E-state index is -0.152. The van der Waals surface area contributed by atoms with Crippen LogP contribution in [0.2, 0.25) is 0 Å². The maximum Gasteiger partial charge on any atom is 0.294 e. The van der Waals surface area contributed by atoms with Crippen molar-refractivity contribution in [3.63, 3.8) is 0 Å². The number of nitrogens with zero attached hydrogens (tertiary/aromatic N) is 1. The molecule has 0 aromatic heterocycles. The SMILES string of the molecule is CCN1C(=O)/C(=C\c2ccc(C)cc2)Oc2ccc(N)cc21. The van der Waals surface area contributed by atoms with E-state index in [1.165, 1.54) is 5.56 Å². The van der Waals surface area contributed by atoms with Crippen LogP contribution in [0.15, 0.2) is 48.2 Å². The molecule has 1 amide bonds. The molecule has 0 bridgehead atoms. The summed E-state index contributed by atoms with van der Waals surface area (Å²) in [6.07, 6.45) is 1.77. The van der Waals surface area contributed by atoms with Crippen molar-refractivity contribution in [3.8, 4) is 5.75 Å². The number of fused-ring (bicyclic) bond motifs is 1. The average Bonchev–Trinajstić information content (AvgIpc) is 2.51. The first kappa shape index (κ1) is 14.2. The minimum Gasteiger partial charge on any atom is -0.449 e. The van der Waals surface area contributed by atoms with Gasteiger partial charge in [-0.05, 0) is 43.7 Å². The second-order valence-electron chi connectivity index (χ2n) is 5.30.